The van der Waals surface area contributed by atoms with Gasteiger partial charge in [-0.2, -0.15) is 0 Å². The van der Waals surface area contributed by atoms with Crippen LogP contribution in [0, 0.1) is 0 Å². The maximum Gasteiger partial charge on any atom is 0.238 e. The second kappa shape index (κ2) is 4.68. The lowest BCUT2D eigenvalue weighted by Crippen LogP contribution is -2.57. The molecule has 3 N–H and O–H groups in total. The van der Waals surface area contributed by atoms with Crippen molar-refractivity contribution in [3.8, 4) is 0 Å². The van der Waals surface area contributed by atoms with E-state index in [9.17, 15) is 13.2 Å². The number of nitrogens with one attached hydrogen (secondary N) is 1. The molecule has 0 aliphatic carbocycles. The Kier molecular flexibility index (Phi) is 3.92. The van der Waals surface area contributed by atoms with Gasteiger partial charge in [-0.05, 0) is 20.5 Å². The van der Waals surface area contributed by atoms with Gasteiger partial charge in [0, 0.05) is 13.1 Å². The summed E-state index contributed by atoms with van der Waals surface area (Å²) in [7, 11) is 0.687. The number of likely N-dealkylation sites (N-methyl/N-ethyl adjacent to an activating group) is 1. The molecule has 1 saturated heterocycles. The first-order valence-corrected chi connectivity index (χ1v) is 7.00. The van der Waals surface area contributed by atoms with Crippen molar-refractivity contribution >= 4 is 15.7 Å². The number of nitrogens with two attached hydrogens (primary N) is 1. The van der Waals surface area contributed by atoms with E-state index in [1.165, 1.54) is 0 Å². The lowest BCUT2D eigenvalue weighted by Gasteiger charge is -2.26. The zero-order chi connectivity index (χ0) is 12.4. The van der Waals surface area contributed by atoms with Crippen LogP contribution in [0.5, 0.6) is 0 Å². The maximum absolute atomic E-state index is 11.4. The van der Waals surface area contributed by atoms with Gasteiger partial charge in [0.15, 0.2) is 9.84 Å². The molecule has 1 amide bonds. The summed E-state index contributed by atoms with van der Waals surface area (Å²) < 4.78 is 22.8. The predicted molar refractivity (Wildman–Crippen MR) is 61.8 cm³/mol. The summed E-state index contributed by atoms with van der Waals surface area (Å²) in [5, 5.41) is 2.99. The minimum atomic E-state index is -3.13. The van der Waals surface area contributed by atoms with Crippen LogP contribution in [-0.4, -0.2) is 63.5 Å². The fourth-order valence-electron chi connectivity index (χ4n) is 1.79. The Hall–Kier alpha value is -0.660. The third-order valence-corrected chi connectivity index (χ3v) is 4.56. The number of hydrogen-bond donors (Lipinski definition) is 2. The first-order valence-electron chi connectivity index (χ1n) is 5.17. The summed E-state index contributed by atoms with van der Waals surface area (Å²) in [6.07, 6.45) is 0.276. The van der Waals surface area contributed by atoms with Crippen LogP contribution < -0.4 is 11.1 Å². The van der Waals surface area contributed by atoms with Crippen LogP contribution in [0.4, 0.5) is 0 Å². The van der Waals surface area contributed by atoms with Gasteiger partial charge >= 0.3 is 0 Å². The fraction of sp³-hybridized carbons (Fsp3) is 0.889. The molecule has 16 heavy (non-hydrogen) atoms. The zero-order valence-electron chi connectivity index (χ0n) is 9.69. The standard InChI is InChI=1S/C9H19N3O3S/c1-12(2)5-4-11-9(8(10)13)3-6-16(14,15)7-9/h11H,3-7H2,1-2H3,(H2,10,13). The Bertz CT molecular complexity index is 366. The molecule has 0 saturated carbocycles. The molecule has 0 spiro atoms. The van der Waals surface area contributed by atoms with Gasteiger partial charge in [-0.3, -0.25) is 4.79 Å². The molecule has 7 heteroatoms. The number of carbonyl (C=O) groups excluding carboxylic acids is 1. The molecule has 0 aromatic carbocycles. The molecular formula is C9H19N3O3S. The van der Waals surface area contributed by atoms with Gasteiger partial charge in [0.05, 0.1) is 11.5 Å². The second-order valence-corrected chi connectivity index (χ2v) is 6.70. The smallest absolute Gasteiger partial charge is 0.238 e. The van der Waals surface area contributed by atoms with Crippen molar-refractivity contribution in [2.75, 3.05) is 38.7 Å². The molecule has 94 valence electrons. The van der Waals surface area contributed by atoms with Crippen molar-refractivity contribution in [2.24, 2.45) is 5.73 Å². The van der Waals surface area contributed by atoms with E-state index >= 15 is 0 Å². The summed E-state index contributed by atoms with van der Waals surface area (Å²) in [6.45, 7) is 1.28. The minimum absolute atomic E-state index is 0.0326. The van der Waals surface area contributed by atoms with Gasteiger partial charge in [0.2, 0.25) is 5.91 Å². The second-order valence-electron chi connectivity index (χ2n) is 4.52. The highest BCUT2D eigenvalue weighted by Gasteiger charge is 2.46. The van der Waals surface area contributed by atoms with Crippen molar-refractivity contribution in [3.05, 3.63) is 0 Å². The Morgan fingerprint density at radius 1 is 1.50 bits per heavy atom. The van der Waals surface area contributed by atoms with Crippen LogP contribution in [0.1, 0.15) is 6.42 Å². The highest BCUT2D eigenvalue weighted by atomic mass is 32.2. The SMILES string of the molecule is CN(C)CCNC1(C(N)=O)CCS(=O)(=O)C1. The van der Waals surface area contributed by atoms with Gasteiger partial charge in [-0.25, -0.2) is 8.42 Å². The van der Waals surface area contributed by atoms with Gasteiger partial charge < -0.3 is 16.0 Å². The van der Waals surface area contributed by atoms with Crippen molar-refractivity contribution in [3.63, 3.8) is 0 Å². The van der Waals surface area contributed by atoms with E-state index in [0.717, 1.165) is 6.54 Å². The topological polar surface area (TPSA) is 92.5 Å². The third kappa shape index (κ3) is 3.16. The fourth-order valence-corrected chi connectivity index (χ4v) is 3.73. The number of amides is 1. The quantitative estimate of drug-likeness (QED) is 0.598. The van der Waals surface area contributed by atoms with E-state index in [1.807, 2.05) is 19.0 Å². The van der Waals surface area contributed by atoms with Gasteiger partial charge in [-0.15, -0.1) is 0 Å². The molecular weight excluding hydrogens is 230 g/mol. The lowest BCUT2D eigenvalue weighted by atomic mass is 9.98. The Morgan fingerprint density at radius 2 is 2.12 bits per heavy atom. The molecule has 1 atom stereocenters. The first-order chi connectivity index (χ1) is 7.27. The summed E-state index contributed by atoms with van der Waals surface area (Å²) in [6, 6.07) is 0. The molecule has 1 aliphatic rings. The molecule has 0 bridgehead atoms. The molecule has 1 rings (SSSR count). The molecule has 1 unspecified atom stereocenters. The van der Waals surface area contributed by atoms with Crippen molar-refractivity contribution in [1.29, 1.82) is 0 Å². The molecule has 0 aromatic rings. The van der Waals surface area contributed by atoms with E-state index < -0.39 is 21.3 Å². The zero-order valence-corrected chi connectivity index (χ0v) is 10.5. The average molecular weight is 249 g/mol. The van der Waals surface area contributed by atoms with E-state index in [0.29, 0.717) is 6.54 Å². The number of hydrogen-bond acceptors (Lipinski definition) is 5. The molecule has 1 fully saturated rings. The van der Waals surface area contributed by atoms with Gasteiger partial charge in [-0.1, -0.05) is 0 Å². The summed E-state index contributed by atoms with van der Waals surface area (Å²) >= 11 is 0. The molecule has 1 heterocycles. The van der Waals surface area contributed by atoms with E-state index in [4.69, 9.17) is 5.73 Å². The van der Waals surface area contributed by atoms with Crippen LogP contribution in [0.2, 0.25) is 0 Å². The van der Waals surface area contributed by atoms with Gasteiger partial charge in [0.1, 0.15) is 5.54 Å². The number of sulfone groups is 1. The largest absolute Gasteiger partial charge is 0.368 e. The number of primary amides is 1. The summed E-state index contributed by atoms with van der Waals surface area (Å²) in [4.78, 5) is 13.3. The lowest BCUT2D eigenvalue weighted by molar-refractivity contribution is -0.123. The molecule has 0 radical (unpaired) electrons. The van der Waals surface area contributed by atoms with Crippen molar-refractivity contribution in [1.82, 2.24) is 10.2 Å². The molecule has 1 aliphatic heterocycles. The number of rotatable bonds is 5. The van der Waals surface area contributed by atoms with Crippen LogP contribution in [0.15, 0.2) is 0 Å². The van der Waals surface area contributed by atoms with Crippen molar-refractivity contribution < 1.29 is 13.2 Å². The number of carbonyl (C=O) groups is 1. The number of nitrogens with zero attached hydrogens (tertiary/aromatic N) is 1. The summed E-state index contributed by atoms with van der Waals surface area (Å²) in [5.41, 5.74) is 4.23. The maximum atomic E-state index is 11.4. The minimum Gasteiger partial charge on any atom is -0.368 e. The Balaban J connectivity index is 2.66. The molecule has 0 aromatic heterocycles. The molecule has 6 nitrogen and oxygen atoms in total. The van der Waals surface area contributed by atoms with E-state index in [-0.39, 0.29) is 17.9 Å². The van der Waals surface area contributed by atoms with Crippen LogP contribution >= 0.6 is 0 Å². The van der Waals surface area contributed by atoms with Crippen molar-refractivity contribution in [2.45, 2.75) is 12.0 Å². The van der Waals surface area contributed by atoms with Crippen LogP contribution in [0.25, 0.3) is 0 Å². The highest BCUT2D eigenvalue weighted by molar-refractivity contribution is 7.91. The Morgan fingerprint density at radius 3 is 2.50 bits per heavy atom. The normalized spacial score (nSPS) is 28.4. The highest BCUT2D eigenvalue weighted by Crippen LogP contribution is 2.22. The van der Waals surface area contributed by atoms with Gasteiger partial charge in [0.25, 0.3) is 0 Å². The third-order valence-electron chi connectivity index (χ3n) is 2.80. The van der Waals surface area contributed by atoms with Crippen LogP contribution in [-0.2, 0) is 14.6 Å². The van der Waals surface area contributed by atoms with E-state index in [1.54, 1.807) is 0 Å². The average Bonchev–Trinajstić information content (AvgIpc) is 2.42. The van der Waals surface area contributed by atoms with Crippen LogP contribution in [0.3, 0.4) is 0 Å². The first kappa shape index (κ1) is 13.4. The summed E-state index contributed by atoms with van der Waals surface area (Å²) in [5.74, 6) is -0.722. The monoisotopic (exact) mass is 249 g/mol. The Labute approximate surface area is 96.1 Å². The van der Waals surface area contributed by atoms with E-state index in [2.05, 4.69) is 5.32 Å². The predicted octanol–water partition coefficient (Wildman–Crippen LogP) is -1.82.